The number of hydrogen-bond donors (Lipinski definition) is 0. The molecule has 0 saturated heterocycles. The molecule has 0 fully saturated rings. The van der Waals surface area contributed by atoms with E-state index in [1.54, 1.807) is 12.1 Å². The molecule has 1 aromatic carbocycles. The van der Waals surface area contributed by atoms with E-state index < -0.39 is 0 Å². The highest BCUT2D eigenvalue weighted by Crippen LogP contribution is 2.24. The van der Waals surface area contributed by atoms with Crippen molar-refractivity contribution in [3.05, 3.63) is 41.2 Å². The van der Waals surface area contributed by atoms with Crippen molar-refractivity contribution in [1.29, 1.82) is 0 Å². The molecule has 80 valence electrons. The van der Waals surface area contributed by atoms with Gasteiger partial charge < -0.3 is 0 Å². The Bertz CT molecular complexity index is 368. The molecule has 0 aliphatic carbocycles. The van der Waals surface area contributed by atoms with Gasteiger partial charge in [0.05, 0.1) is 5.03 Å². The highest BCUT2D eigenvalue weighted by Gasteiger charge is 2.05. The molecule has 1 nitrogen and oxygen atoms in total. The predicted molar refractivity (Wildman–Crippen MR) is 60.1 cm³/mol. The number of allylic oxidation sites excluding steroid dienone is 1. The molecule has 1 rings (SSSR count). The minimum Gasteiger partial charge on any atom is -0.298 e. The van der Waals surface area contributed by atoms with E-state index in [1.807, 2.05) is 6.92 Å². The van der Waals surface area contributed by atoms with E-state index in [1.165, 1.54) is 12.1 Å². The monoisotopic (exact) mass is 226 g/mol. The molecule has 0 radical (unpaired) electrons. The molecule has 0 unspecified atom stereocenters. The smallest absolute Gasteiger partial charge is 0.147 e. The summed E-state index contributed by atoms with van der Waals surface area (Å²) in [4.78, 5) is 10.8. The van der Waals surface area contributed by atoms with Gasteiger partial charge in [-0.15, -0.1) is 0 Å². The van der Waals surface area contributed by atoms with E-state index in [0.29, 0.717) is 22.6 Å². The van der Waals surface area contributed by atoms with Crippen LogP contribution in [0.15, 0.2) is 29.8 Å². The van der Waals surface area contributed by atoms with Crippen LogP contribution in [0.1, 0.15) is 25.3 Å². The molecule has 0 aliphatic heterocycles. The Morgan fingerprint density at radius 3 is 2.47 bits per heavy atom. The first kappa shape index (κ1) is 11.9. The number of hydrogen-bond acceptors (Lipinski definition) is 1. The summed E-state index contributed by atoms with van der Waals surface area (Å²) >= 11 is 6.03. The number of benzene rings is 1. The summed E-state index contributed by atoms with van der Waals surface area (Å²) in [5.41, 5.74) is 1.24. The highest BCUT2D eigenvalue weighted by atomic mass is 35.5. The molecule has 0 spiro atoms. The van der Waals surface area contributed by atoms with Crippen molar-refractivity contribution in [1.82, 2.24) is 0 Å². The van der Waals surface area contributed by atoms with Crippen LogP contribution in [-0.2, 0) is 4.79 Å². The minimum atomic E-state index is -0.314. The Morgan fingerprint density at radius 1 is 1.40 bits per heavy atom. The second-order valence-electron chi connectivity index (χ2n) is 3.21. The molecule has 1 aromatic rings. The molecule has 0 aromatic heterocycles. The van der Waals surface area contributed by atoms with Crippen LogP contribution in [-0.4, -0.2) is 6.29 Å². The highest BCUT2D eigenvalue weighted by molar-refractivity contribution is 6.50. The first-order chi connectivity index (χ1) is 7.19. The van der Waals surface area contributed by atoms with Gasteiger partial charge in [-0.25, -0.2) is 4.39 Å². The molecule has 0 amide bonds. The van der Waals surface area contributed by atoms with Gasteiger partial charge in [-0.1, -0.05) is 37.1 Å². The zero-order chi connectivity index (χ0) is 11.3. The van der Waals surface area contributed by atoms with E-state index in [2.05, 4.69) is 0 Å². The van der Waals surface area contributed by atoms with E-state index in [-0.39, 0.29) is 5.82 Å². The third kappa shape index (κ3) is 3.17. The van der Waals surface area contributed by atoms with Gasteiger partial charge in [-0.2, -0.15) is 0 Å². The molecule has 0 atom stereocenters. The van der Waals surface area contributed by atoms with E-state index >= 15 is 0 Å². The third-order valence-corrected chi connectivity index (χ3v) is 2.50. The second-order valence-corrected chi connectivity index (χ2v) is 3.59. The van der Waals surface area contributed by atoms with Crippen LogP contribution in [0.2, 0.25) is 0 Å². The maximum Gasteiger partial charge on any atom is 0.147 e. The molecule has 0 aliphatic rings. The zero-order valence-corrected chi connectivity index (χ0v) is 9.22. The summed E-state index contributed by atoms with van der Waals surface area (Å²) < 4.78 is 12.7. The van der Waals surface area contributed by atoms with Crippen LogP contribution in [0, 0.1) is 5.82 Å². The van der Waals surface area contributed by atoms with Crippen molar-refractivity contribution < 1.29 is 9.18 Å². The van der Waals surface area contributed by atoms with Gasteiger partial charge in [0.1, 0.15) is 12.1 Å². The van der Waals surface area contributed by atoms with Gasteiger partial charge in [0.15, 0.2) is 0 Å². The summed E-state index contributed by atoms with van der Waals surface area (Å²) in [6, 6.07) is 5.78. The molecular formula is C12H12ClFO. The fourth-order valence-corrected chi connectivity index (χ4v) is 1.54. The Kier molecular flexibility index (Phi) is 4.50. The molecular weight excluding hydrogens is 215 g/mol. The summed E-state index contributed by atoms with van der Waals surface area (Å²) in [5.74, 6) is -0.314. The van der Waals surface area contributed by atoms with Crippen LogP contribution < -0.4 is 0 Å². The van der Waals surface area contributed by atoms with Crippen molar-refractivity contribution in [2.24, 2.45) is 0 Å². The lowest BCUT2D eigenvalue weighted by Gasteiger charge is -2.03. The minimum absolute atomic E-state index is 0.314. The first-order valence-corrected chi connectivity index (χ1v) is 5.16. The molecule has 0 bridgehead atoms. The van der Waals surface area contributed by atoms with Gasteiger partial charge in [-0.3, -0.25) is 4.79 Å². The van der Waals surface area contributed by atoms with Gasteiger partial charge in [0, 0.05) is 5.57 Å². The molecule has 3 heteroatoms. The molecule has 0 N–H and O–H groups in total. The Balaban J connectivity index is 3.04. The van der Waals surface area contributed by atoms with Crippen LogP contribution in [0.5, 0.6) is 0 Å². The number of carbonyl (C=O) groups is 1. The van der Waals surface area contributed by atoms with Crippen molar-refractivity contribution in [2.75, 3.05) is 0 Å². The zero-order valence-electron chi connectivity index (χ0n) is 8.47. The fraction of sp³-hybridized carbons (Fsp3) is 0.250. The number of aldehydes is 1. The summed E-state index contributed by atoms with van der Waals surface area (Å²) in [6.45, 7) is 1.97. The van der Waals surface area contributed by atoms with Crippen LogP contribution >= 0.6 is 11.6 Å². The van der Waals surface area contributed by atoms with Crippen molar-refractivity contribution in [3.63, 3.8) is 0 Å². The SMILES string of the molecule is CCC/C(C=O)=C(/Cl)c1ccc(F)cc1. The number of rotatable bonds is 4. The Morgan fingerprint density at radius 2 is 2.00 bits per heavy atom. The summed E-state index contributed by atoms with van der Waals surface area (Å²) in [6.07, 6.45) is 2.25. The lowest BCUT2D eigenvalue weighted by atomic mass is 10.1. The van der Waals surface area contributed by atoms with Crippen LogP contribution in [0.3, 0.4) is 0 Å². The van der Waals surface area contributed by atoms with E-state index in [0.717, 1.165) is 12.7 Å². The quantitative estimate of drug-likeness (QED) is 0.564. The third-order valence-electron chi connectivity index (χ3n) is 2.04. The number of halogens is 2. The van der Waals surface area contributed by atoms with E-state index in [4.69, 9.17) is 11.6 Å². The number of carbonyl (C=O) groups excluding carboxylic acids is 1. The molecule has 0 heterocycles. The van der Waals surface area contributed by atoms with Crippen molar-refractivity contribution in [2.45, 2.75) is 19.8 Å². The predicted octanol–water partition coefficient (Wildman–Crippen LogP) is 3.77. The standard InChI is InChI=1S/C12H12ClFO/c1-2-3-10(8-15)12(13)9-4-6-11(14)7-5-9/h4-8H,2-3H2,1H3/b12-10-. The van der Waals surface area contributed by atoms with Gasteiger partial charge in [-0.05, 0) is 24.1 Å². The van der Waals surface area contributed by atoms with Crippen molar-refractivity contribution in [3.8, 4) is 0 Å². The fourth-order valence-electron chi connectivity index (χ4n) is 1.27. The van der Waals surface area contributed by atoms with Gasteiger partial charge >= 0.3 is 0 Å². The topological polar surface area (TPSA) is 17.1 Å². The summed E-state index contributed by atoms with van der Waals surface area (Å²) in [5, 5.41) is 0.409. The maximum absolute atomic E-state index is 12.7. The second kappa shape index (κ2) is 5.66. The summed E-state index contributed by atoms with van der Waals surface area (Å²) in [7, 11) is 0. The van der Waals surface area contributed by atoms with Crippen molar-refractivity contribution >= 4 is 22.9 Å². The first-order valence-electron chi connectivity index (χ1n) is 4.78. The van der Waals surface area contributed by atoms with Gasteiger partial charge in [0.25, 0.3) is 0 Å². The maximum atomic E-state index is 12.7. The average molecular weight is 227 g/mol. The molecule has 0 saturated carbocycles. The lowest BCUT2D eigenvalue weighted by Crippen LogP contribution is -1.89. The normalized spacial score (nSPS) is 12.2. The van der Waals surface area contributed by atoms with Crippen LogP contribution in [0.4, 0.5) is 4.39 Å². The Hall–Kier alpha value is -1.15. The van der Waals surface area contributed by atoms with Gasteiger partial charge in [0.2, 0.25) is 0 Å². The lowest BCUT2D eigenvalue weighted by molar-refractivity contribution is -0.105. The average Bonchev–Trinajstić information content (AvgIpc) is 2.26. The molecule has 15 heavy (non-hydrogen) atoms. The largest absolute Gasteiger partial charge is 0.298 e. The van der Waals surface area contributed by atoms with E-state index in [9.17, 15) is 9.18 Å². The van der Waals surface area contributed by atoms with Crippen LogP contribution in [0.25, 0.3) is 5.03 Å². The Labute approximate surface area is 93.6 Å².